The highest BCUT2D eigenvalue weighted by Gasteiger charge is 2.17. The molecule has 0 saturated carbocycles. The van der Waals surface area contributed by atoms with Crippen molar-refractivity contribution in [2.24, 2.45) is 0 Å². The van der Waals surface area contributed by atoms with E-state index in [-0.39, 0.29) is 11.7 Å². The zero-order chi connectivity index (χ0) is 23.6. The Morgan fingerprint density at radius 1 is 1.12 bits per heavy atom. The monoisotopic (exact) mass is 474 g/mol. The number of aromatic nitrogens is 5. The van der Waals surface area contributed by atoms with Crippen LogP contribution in [0.15, 0.2) is 23.4 Å². The van der Waals surface area contributed by atoms with E-state index in [1.165, 1.54) is 11.8 Å². The highest BCUT2D eigenvalue weighted by molar-refractivity contribution is 7.99. The normalized spacial score (nSPS) is 10.8. The summed E-state index contributed by atoms with van der Waals surface area (Å²) >= 11 is 1.25. The van der Waals surface area contributed by atoms with E-state index in [9.17, 15) is 4.79 Å². The van der Waals surface area contributed by atoms with Crippen LogP contribution in [0.5, 0.6) is 11.5 Å². The SMILES string of the molecule is CCCCOc1ccc(OC)cc1NC(=O)CSc1nnc2nc(NCC)nc(NCC)n12. The van der Waals surface area contributed by atoms with Crippen LogP contribution >= 0.6 is 11.8 Å². The number of rotatable bonds is 13. The number of amides is 1. The summed E-state index contributed by atoms with van der Waals surface area (Å²) in [5.74, 6) is 2.58. The molecule has 1 amide bonds. The molecule has 3 N–H and O–H groups in total. The number of hydrogen-bond donors (Lipinski definition) is 3. The minimum Gasteiger partial charge on any atom is -0.497 e. The maximum absolute atomic E-state index is 12.7. The summed E-state index contributed by atoms with van der Waals surface area (Å²) in [7, 11) is 1.58. The predicted molar refractivity (Wildman–Crippen MR) is 130 cm³/mol. The molecule has 0 aliphatic carbocycles. The molecule has 0 unspecified atom stereocenters. The highest BCUT2D eigenvalue weighted by atomic mass is 32.2. The van der Waals surface area contributed by atoms with Crippen LogP contribution in [0, 0.1) is 0 Å². The Balaban J connectivity index is 1.73. The molecule has 178 valence electrons. The van der Waals surface area contributed by atoms with Gasteiger partial charge in [-0.2, -0.15) is 9.97 Å². The van der Waals surface area contributed by atoms with Crippen molar-refractivity contribution in [1.82, 2.24) is 24.6 Å². The van der Waals surface area contributed by atoms with Gasteiger partial charge in [0.05, 0.1) is 25.2 Å². The first kappa shape index (κ1) is 24.4. The number of hydrogen-bond acceptors (Lipinski definition) is 10. The largest absolute Gasteiger partial charge is 0.497 e. The molecule has 3 aromatic rings. The number of nitrogens with one attached hydrogen (secondary N) is 3. The number of thioether (sulfide) groups is 1. The van der Waals surface area contributed by atoms with Crippen molar-refractivity contribution in [3.8, 4) is 11.5 Å². The van der Waals surface area contributed by atoms with Crippen LogP contribution in [0.1, 0.15) is 33.6 Å². The van der Waals surface area contributed by atoms with Gasteiger partial charge in [0.2, 0.25) is 17.8 Å². The molecule has 1 aromatic carbocycles. The molecule has 2 heterocycles. The minimum atomic E-state index is -0.208. The topological polar surface area (TPSA) is 128 Å². The van der Waals surface area contributed by atoms with Crippen LogP contribution in [-0.4, -0.2) is 63.0 Å². The number of nitrogens with zero attached hydrogens (tertiary/aromatic N) is 5. The summed E-state index contributed by atoms with van der Waals surface area (Å²) in [4.78, 5) is 21.6. The van der Waals surface area contributed by atoms with E-state index < -0.39 is 0 Å². The number of benzene rings is 1. The van der Waals surface area contributed by atoms with E-state index in [0.29, 0.717) is 59.7 Å². The highest BCUT2D eigenvalue weighted by Crippen LogP contribution is 2.30. The summed E-state index contributed by atoms with van der Waals surface area (Å²) in [6.45, 7) is 7.96. The lowest BCUT2D eigenvalue weighted by Gasteiger charge is -2.14. The van der Waals surface area contributed by atoms with Gasteiger partial charge in [-0.1, -0.05) is 25.1 Å². The van der Waals surface area contributed by atoms with Crippen LogP contribution < -0.4 is 25.4 Å². The van der Waals surface area contributed by atoms with E-state index >= 15 is 0 Å². The molecule has 0 bridgehead atoms. The average Bonchev–Trinajstić information content (AvgIpc) is 3.22. The molecule has 0 atom stereocenters. The van der Waals surface area contributed by atoms with E-state index in [0.717, 1.165) is 12.8 Å². The van der Waals surface area contributed by atoms with E-state index in [4.69, 9.17) is 9.47 Å². The van der Waals surface area contributed by atoms with Crippen LogP contribution in [0.25, 0.3) is 5.78 Å². The maximum Gasteiger partial charge on any atom is 0.261 e. The lowest BCUT2D eigenvalue weighted by Crippen LogP contribution is -2.16. The molecule has 0 aliphatic rings. The second-order valence-electron chi connectivity index (χ2n) is 6.95. The Morgan fingerprint density at radius 3 is 2.67 bits per heavy atom. The predicted octanol–water partition coefficient (Wildman–Crippen LogP) is 3.30. The molecular weight excluding hydrogens is 444 g/mol. The van der Waals surface area contributed by atoms with E-state index in [1.54, 1.807) is 29.7 Å². The Bertz CT molecular complexity index is 1080. The number of ether oxygens (including phenoxy) is 2. The molecule has 2 aromatic heterocycles. The smallest absolute Gasteiger partial charge is 0.261 e. The molecule has 0 aliphatic heterocycles. The Hall–Kier alpha value is -3.28. The first-order chi connectivity index (χ1) is 16.1. The van der Waals surface area contributed by atoms with Gasteiger partial charge in [-0.3, -0.25) is 4.79 Å². The van der Waals surface area contributed by atoms with Gasteiger partial charge in [0.25, 0.3) is 5.78 Å². The van der Waals surface area contributed by atoms with E-state index in [2.05, 4.69) is 43.0 Å². The summed E-state index contributed by atoms with van der Waals surface area (Å²) in [5, 5.41) is 18.0. The van der Waals surface area contributed by atoms with Crippen molar-refractivity contribution in [3.63, 3.8) is 0 Å². The average molecular weight is 475 g/mol. The second-order valence-corrected chi connectivity index (χ2v) is 7.89. The van der Waals surface area contributed by atoms with Crippen molar-refractivity contribution >= 4 is 41.0 Å². The molecule has 3 rings (SSSR count). The molecule has 33 heavy (non-hydrogen) atoms. The van der Waals surface area contributed by atoms with Gasteiger partial charge in [0, 0.05) is 19.2 Å². The fraction of sp³-hybridized carbons (Fsp3) is 0.476. The number of fused-ring (bicyclic) bond motifs is 1. The van der Waals surface area contributed by atoms with Gasteiger partial charge in [0.1, 0.15) is 11.5 Å². The lowest BCUT2D eigenvalue weighted by molar-refractivity contribution is -0.113. The zero-order valence-corrected chi connectivity index (χ0v) is 20.2. The molecule has 0 fully saturated rings. The fourth-order valence-corrected chi connectivity index (χ4v) is 3.63. The van der Waals surface area contributed by atoms with Crippen LogP contribution in [0.4, 0.5) is 17.6 Å². The van der Waals surface area contributed by atoms with Gasteiger partial charge in [-0.05, 0) is 32.4 Å². The van der Waals surface area contributed by atoms with Crippen LogP contribution in [0.3, 0.4) is 0 Å². The number of unbranched alkanes of at least 4 members (excludes halogenated alkanes) is 1. The number of methoxy groups -OCH3 is 1. The molecule has 0 spiro atoms. The number of carbonyl (C=O) groups excluding carboxylic acids is 1. The second kappa shape index (κ2) is 12.1. The van der Waals surface area contributed by atoms with Gasteiger partial charge in [-0.25, -0.2) is 4.40 Å². The summed E-state index contributed by atoms with van der Waals surface area (Å²) in [6.07, 6.45) is 1.95. The van der Waals surface area contributed by atoms with Gasteiger partial charge in [-0.15, -0.1) is 10.2 Å². The van der Waals surface area contributed by atoms with Crippen molar-refractivity contribution in [3.05, 3.63) is 18.2 Å². The number of anilines is 3. The molecule has 0 saturated heterocycles. The van der Waals surface area contributed by atoms with Gasteiger partial charge >= 0.3 is 0 Å². The maximum atomic E-state index is 12.7. The lowest BCUT2D eigenvalue weighted by atomic mass is 10.2. The summed E-state index contributed by atoms with van der Waals surface area (Å²) in [5.41, 5.74) is 0.564. The third-order valence-corrected chi connectivity index (χ3v) is 5.39. The van der Waals surface area contributed by atoms with Crippen LogP contribution in [0.2, 0.25) is 0 Å². The van der Waals surface area contributed by atoms with Gasteiger partial charge in [0.15, 0.2) is 5.16 Å². The van der Waals surface area contributed by atoms with Crippen molar-refractivity contribution in [2.75, 3.05) is 48.5 Å². The zero-order valence-electron chi connectivity index (χ0n) is 19.3. The van der Waals surface area contributed by atoms with E-state index in [1.807, 2.05) is 13.8 Å². The standard InChI is InChI=1S/C21H30N8O3S/c1-5-8-11-32-16-10-9-14(31-4)12-15(16)24-17(30)13-33-21-28-27-20-26-18(22-6-2)25-19(23-7-3)29(20)21/h9-10,12H,5-8,11,13H2,1-4H3,(H,24,30)(H2,22,23,25,26,27). The third-order valence-electron chi connectivity index (χ3n) is 4.46. The fourth-order valence-electron chi connectivity index (χ4n) is 2.90. The van der Waals surface area contributed by atoms with Crippen LogP contribution in [-0.2, 0) is 4.79 Å². The third kappa shape index (κ3) is 6.37. The molecule has 0 radical (unpaired) electrons. The quantitative estimate of drug-likeness (QED) is 0.251. The van der Waals surface area contributed by atoms with Crippen molar-refractivity contribution < 1.29 is 14.3 Å². The Kier molecular flexibility index (Phi) is 8.93. The first-order valence-corrected chi connectivity index (χ1v) is 11.9. The molecule has 11 nitrogen and oxygen atoms in total. The van der Waals surface area contributed by atoms with Crippen molar-refractivity contribution in [1.29, 1.82) is 0 Å². The summed E-state index contributed by atoms with van der Waals surface area (Å²) in [6, 6.07) is 5.35. The van der Waals surface area contributed by atoms with Crippen molar-refractivity contribution in [2.45, 2.75) is 38.8 Å². The minimum absolute atomic E-state index is 0.118. The molecule has 12 heteroatoms. The first-order valence-electron chi connectivity index (χ1n) is 10.9. The van der Waals surface area contributed by atoms with Gasteiger partial charge < -0.3 is 25.4 Å². The number of carbonyl (C=O) groups is 1. The molecular formula is C21H30N8O3S. The summed E-state index contributed by atoms with van der Waals surface area (Å²) < 4.78 is 12.8. The Morgan fingerprint density at radius 2 is 1.94 bits per heavy atom. The Labute approximate surface area is 197 Å².